The predicted octanol–water partition coefficient (Wildman–Crippen LogP) is -1.99. The van der Waals surface area contributed by atoms with Crippen LogP contribution in [0, 0.1) is 0 Å². The molecule has 0 heterocycles. The summed E-state index contributed by atoms with van der Waals surface area (Å²) in [6.07, 6.45) is -1.20. The fraction of sp³-hybridized carbons (Fsp3) is 0.667. The fourth-order valence-electron chi connectivity index (χ4n) is 0.327. The Morgan fingerprint density at radius 1 is 1.15 bits per heavy atom. The number of carbonyl (C=O) groups is 2. The topological polar surface area (TPSA) is 118 Å². The van der Waals surface area contributed by atoms with E-state index in [-0.39, 0.29) is 0 Å². The van der Waals surface area contributed by atoms with Gasteiger partial charge in [-0.1, -0.05) is 0 Å². The van der Waals surface area contributed by atoms with Gasteiger partial charge in [0.1, 0.15) is 0 Å². The zero-order valence-corrected chi connectivity index (χ0v) is 7.34. The van der Waals surface area contributed by atoms with E-state index in [1.165, 1.54) is 0 Å². The molecule has 0 saturated heterocycles. The molecule has 0 fully saturated rings. The summed E-state index contributed by atoms with van der Waals surface area (Å²) in [5.74, 6) is -3.65. The molecule has 0 atom stereocenters. The Morgan fingerprint density at radius 2 is 1.46 bits per heavy atom. The molecule has 7 heteroatoms. The van der Waals surface area contributed by atoms with Gasteiger partial charge in [0.15, 0.2) is 6.29 Å². The summed E-state index contributed by atoms with van der Waals surface area (Å²) >= 11 is 0. The van der Waals surface area contributed by atoms with E-state index >= 15 is 0 Å². The van der Waals surface area contributed by atoms with Crippen LogP contribution in [0.4, 0.5) is 0 Å². The minimum atomic E-state index is -1.82. The van der Waals surface area contributed by atoms with Gasteiger partial charge in [-0.2, -0.15) is 0 Å². The number of rotatable bonds is 2. The van der Waals surface area contributed by atoms with Crippen molar-refractivity contribution in [3.05, 3.63) is 0 Å². The van der Waals surface area contributed by atoms with E-state index in [9.17, 15) is 0 Å². The summed E-state index contributed by atoms with van der Waals surface area (Å²) in [7, 11) is 3.55. The van der Waals surface area contributed by atoms with Crippen LogP contribution >= 0.6 is 0 Å². The Bertz CT molecular complexity index is 149. The standard InChI is InChI=1S/C4H11NO2.C2H2O4/c1-5(2)3-4(6)7;3-1(4)2(5)6/h4,6-7H,3H2,1-2H3;(H,3,4)(H,5,6). The van der Waals surface area contributed by atoms with Crippen molar-refractivity contribution in [2.75, 3.05) is 20.6 Å². The van der Waals surface area contributed by atoms with E-state index in [1.807, 2.05) is 0 Å². The van der Waals surface area contributed by atoms with Crippen LogP contribution in [0.2, 0.25) is 0 Å². The predicted molar refractivity (Wildman–Crippen MR) is 42.1 cm³/mol. The van der Waals surface area contributed by atoms with Crippen molar-refractivity contribution >= 4 is 11.9 Å². The van der Waals surface area contributed by atoms with Gasteiger partial charge in [-0.15, -0.1) is 0 Å². The van der Waals surface area contributed by atoms with Crippen LogP contribution in [0.3, 0.4) is 0 Å². The van der Waals surface area contributed by atoms with Crippen LogP contribution in [0.1, 0.15) is 0 Å². The van der Waals surface area contributed by atoms with Crippen molar-refractivity contribution in [3.8, 4) is 0 Å². The van der Waals surface area contributed by atoms with Crippen LogP contribution in [-0.4, -0.2) is 64.2 Å². The van der Waals surface area contributed by atoms with Crippen molar-refractivity contribution in [1.29, 1.82) is 0 Å². The molecule has 0 aliphatic rings. The molecule has 0 amide bonds. The monoisotopic (exact) mass is 195 g/mol. The number of nitrogens with zero attached hydrogens (tertiary/aromatic N) is 1. The first kappa shape index (κ1) is 14.3. The van der Waals surface area contributed by atoms with Crippen molar-refractivity contribution in [3.63, 3.8) is 0 Å². The third-order valence-corrected chi connectivity index (χ3v) is 0.711. The van der Waals surface area contributed by atoms with E-state index in [4.69, 9.17) is 30.0 Å². The number of carboxylic acids is 2. The summed E-state index contributed by atoms with van der Waals surface area (Å²) in [5, 5.41) is 31.3. The molecule has 0 aromatic heterocycles. The molecular formula is C6H13NO6. The molecule has 78 valence electrons. The van der Waals surface area contributed by atoms with Gasteiger partial charge in [-0.25, -0.2) is 9.59 Å². The number of aliphatic carboxylic acids is 2. The Labute approximate surface area is 74.8 Å². The van der Waals surface area contributed by atoms with Crippen LogP contribution in [0.5, 0.6) is 0 Å². The van der Waals surface area contributed by atoms with Gasteiger partial charge in [0, 0.05) is 6.54 Å². The quantitative estimate of drug-likeness (QED) is 0.297. The lowest BCUT2D eigenvalue weighted by Gasteiger charge is -2.09. The lowest BCUT2D eigenvalue weighted by atomic mass is 10.6. The smallest absolute Gasteiger partial charge is 0.414 e. The average Bonchev–Trinajstić information content (AvgIpc) is 1.84. The van der Waals surface area contributed by atoms with E-state index in [0.717, 1.165) is 0 Å². The van der Waals surface area contributed by atoms with Gasteiger partial charge < -0.3 is 25.3 Å². The normalized spacial score (nSPS) is 9.38. The lowest BCUT2D eigenvalue weighted by Crippen LogP contribution is -2.24. The maximum atomic E-state index is 9.10. The highest BCUT2D eigenvalue weighted by Crippen LogP contribution is 1.76. The molecule has 0 aliphatic heterocycles. The number of hydrogen-bond acceptors (Lipinski definition) is 5. The van der Waals surface area contributed by atoms with Crippen molar-refractivity contribution in [2.24, 2.45) is 0 Å². The molecule has 0 bridgehead atoms. The molecule has 0 aromatic carbocycles. The molecule has 0 rings (SSSR count). The molecule has 4 N–H and O–H groups in total. The van der Waals surface area contributed by atoms with Gasteiger partial charge >= 0.3 is 11.9 Å². The zero-order valence-electron chi connectivity index (χ0n) is 7.34. The second kappa shape index (κ2) is 7.47. The molecule has 0 saturated carbocycles. The highest BCUT2D eigenvalue weighted by atomic mass is 16.5. The van der Waals surface area contributed by atoms with E-state index in [1.54, 1.807) is 19.0 Å². The van der Waals surface area contributed by atoms with Gasteiger partial charge in [0.05, 0.1) is 0 Å². The first-order valence-corrected chi connectivity index (χ1v) is 3.24. The largest absolute Gasteiger partial charge is 0.473 e. The molecule has 0 spiro atoms. The zero-order chi connectivity index (χ0) is 11.0. The van der Waals surface area contributed by atoms with Gasteiger partial charge in [0.25, 0.3) is 0 Å². The van der Waals surface area contributed by atoms with Crippen LogP contribution in [-0.2, 0) is 9.59 Å². The lowest BCUT2D eigenvalue weighted by molar-refractivity contribution is -0.159. The molecule has 13 heavy (non-hydrogen) atoms. The number of aliphatic hydroxyl groups excluding tert-OH is 1. The number of aliphatic hydroxyl groups is 2. The Hall–Kier alpha value is -1.18. The second-order valence-corrected chi connectivity index (χ2v) is 2.35. The summed E-state index contributed by atoms with van der Waals surface area (Å²) in [4.78, 5) is 19.9. The number of hydrogen-bond donors (Lipinski definition) is 4. The Morgan fingerprint density at radius 3 is 1.46 bits per heavy atom. The third kappa shape index (κ3) is 18.1. The average molecular weight is 195 g/mol. The van der Waals surface area contributed by atoms with Gasteiger partial charge in [-0.3, -0.25) is 0 Å². The maximum absolute atomic E-state index is 9.10. The van der Waals surface area contributed by atoms with Gasteiger partial charge in [0.2, 0.25) is 0 Å². The highest BCUT2D eigenvalue weighted by Gasteiger charge is 2.04. The fourth-order valence-corrected chi connectivity index (χ4v) is 0.327. The SMILES string of the molecule is CN(C)CC(O)O.O=C(O)C(=O)O. The van der Waals surface area contributed by atoms with Gasteiger partial charge in [-0.05, 0) is 14.1 Å². The highest BCUT2D eigenvalue weighted by molar-refractivity contribution is 6.27. The Balaban J connectivity index is 0. The van der Waals surface area contributed by atoms with Crippen LogP contribution in [0.15, 0.2) is 0 Å². The minimum Gasteiger partial charge on any atom is -0.473 e. The Kier molecular flexibility index (Phi) is 8.24. The summed E-state index contributed by atoms with van der Waals surface area (Å²) in [6.45, 7) is 0.306. The third-order valence-electron chi connectivity index (χ3n) is 0.711. The summed E-state index contributed by atoms with van der Waals surface area (Å²) in [5.41, 5.74) is 0. The number of carboxylic acid groups (broad SMARTS) is 2. The minimum absolute atomic E-state index is 0.306. The molecule has 0 aromatic rings. The summed E-state index contributed by atoms with van der Waals surface area (Å²) in [6, 6.07) is 0. The maximum Gasteiger partial charge on any atom is 0.414 e. The molecule has 7 nitrogen and oxygen atoms in total. The van der Waals surface area contributed by atoms with Crippen LogP contribution < -0.4 is 0 Å². The molecular weight excluding hydrogens is 182 g/mol. The number of likely N-dealkylation sites (N-methyl/N-ethyl adjacent to an activating group) is 1. The van der Waals surface area contributed by atoms with E-state index in [2.05, 4.69) is 0 Å². The van der Waals surface area contributed by atoms with Crippen LogP contribution in [0.25, 0.3) is 0 Å². The molecule has 0 radical (unpaired) electrons. The van der Waals surface area contributed by atoms with Crippen molar-refractivity contribution in [1.82, 2.24) is 4.90 Å². The van der Waals surface area contributed by atoms with E-state index < -0.39 is 18.2 Å². The van der Waals surface area contributed by atoms with E-state index in [0.29, 0.717) is 6.54 Å². The molecule has 0 unspecified atom stereocenters. The second-order valence-electron chi connectivity index (χ2n) is 2.35. The van der Waals surface area contributed by atoms with Crippen molar-refractivity contribution < 1.29 is 30.0 Å². The first-order chi connectivity index (χ1) is 5.77. The first-order valence-electron chi connectivity index (χ1n) is 3.24. The van der Waals surface area contributed by atoms with Crippen molar-refractivity contribution in [2.45, 2.75) is 6.29 Å². The molecule has 0 aliphatic carbocycles. The summed E-state index contributed by atoms with van der Waals surface area (Å²) < 4.78 is 0.